The van der Waals surface area contributed by atoms with Gasteiger partial charge in [0.25, 0.3) is 0 Å². The van der Waals surface area contributed by atoms with Crippen LogP contribution in [0.5, 0.6) is 0 Å². The van der Waals surface area contributed by atoms with Crippen LogP contribution in [-0.4, -0.2) is 20.6 Å². The first kappa shape index (κ1) is 20.4. The molecule has 4 nitrogen and oxygen atoms in total. The Bertz CT molecular complexity index is 1050. The summed E-state index contributed by atoms with van der Waals surface area (Å²) in [6, 6.07) is 31.2. The highest BCUT2D eigenvalue weighted by Gasteiger charge is 2.38. The summed E-state index contributed by atoms with van der Waals surface area (Å²) in [5.41, 5.74) is 3.59. The smallest absolute Gasteiger partial charge is 0.303 e. The summed E-state index contributed by atoms with van der Waals surface area (Å²) < 4.78 is 2.14. The highest BCUT2D eigenvalue weighted by molar-refractivity contribution is 5.67. The van der Waals surface area contributed by atoms with Gasteiger partial charge in [-0.1, -0.05) is 97.1 Å². The number of carboxylic acids is 1. The molecule has 31 heavy (non-hydrogen) atoms. The number of allylic oxidation sites excluding steroid dienone is 1. The van der Waals surface area contributed by atoms with Gasteiger partial charge in [-0.05, 0) is 29.2 Å². The van der Waals surface area contributed by atoms with Crippen LogP contribution in [0.2, 0.25) is 0 Å². The molecule has 0 unspecified atom stereocenters. The molecule has 4 aromatic rings. The third-order valence-corrected chi connectivity index (χ3v) is 5.38. The minimum atomic E-state index is -0.800. The average molecular weight is 409 g/mol. The van der Waals surface area contributed by atoms with E-state index < -0.39 is 11.5 Å². The number of rotatable bonds is 8. The van der Waals surface area contributed by atoms with E-state index in [9.17, 15) is 4.79 Å². The van der Waals surface area contributed by atoms with Crippen molar-refractivity contribution in [1.82, 2.24) is 9.55 Å². The second-order valence-electron chi connectivity index (χ2n) is 7.35. The first-order valence-electron chi connectivity index (χ1n) is 10.3. The normalized spacial score (nSPS) is 11.6. The summed E-state index contributed by atoms with van der Waals surface area (Å²) >= 11 is 0. The standard InChI is InChI=1S/C27H24N2O2/c30-26(31)19-11-10-18-25-20-29(21-28-25)27(22-12-4-1-5-13-22,23-14-6-2-7-15-23)24-16-8-3-9-17-24/h1-10,12-18,20-21H,11,19H2,(H,30,31). The molecule has 0 saturated carbocycles. The summed E-state index contributed by atoms with van der Waals surface area (Å²) in [5, 5.41) is 8.85. The summed E-state index contributed by atoms with van der Waals surface area (Å²) in [6.45, 7) is 0. The third-order valence-electron chi connectivity index (χ3n) is 5.38. The molecule has 0 radical (unpaired) electrons. The van der Waals surface area contributed by atoms with Crippen LogP contribution in [0, 0.1) is 0 Å². The summed E-state index contributed by atoms with van der Waals surface area (Å²) in [6.07, 6.45) is 8.19. The number of carbonyl (C=O) groups is 1. The van der Waals surface area contributed by atoms with E-state index in [0.717, 1.165) is 22.4 Å². The number of carboxylic acid groups (broad SMARTS) is 1. The van der Waals surface area contributed by atoms with Gasteiger partial charge < -0.3 is 9.67 Å². The first-order valence-corrected chi connectivity index (χ1v) is 10.3. The van der Waals surface area contributed by atoms with Gasteiger partial charge >= 0.3 is 5.97 Å². The molecule has 0 amide bonds. The van der Waals surface area contributed by atoms with Gasteiger partial charge in [-0.2, -0.15) is 0 Å². The van der Waals surface area contributed by atoms with Crippen LogP contribution in [0.15, 0.2) is 110 Å². The van der Waals surface area contributed by atoms with E-state index >= 15 is 0 Å². The number of hydrogen-bond donors (Lipinski definition) is 1. The summed E-state index contributed by atoms with van der Waals surface area (Å²) in [4.78, 5) is 15.4. The highest BCUT2D eigenvalue weighted by atomic mass is 16.4. The lowest BCUT2D eigenvalue weighted by Gasteiger charge is -2.37. The molecule has 0 aliphatic carbocycles. The Kier molecular flexibility index (Phi) is 6.08. The maximum atomic E-state index is 10.8. The molecule has 4 rings (SSSR count). The van der Waals surface area contributed by atoms with Crippen LogP contribution in [0.3, 0.4) is 0 Å². The number of aromatic nitrogens is 2. The summed E-state index contributed by atoms with van der Waals surface area (Å²) in [5.74, 6) is -0.800. The van der Waals surface area contributed by atoms with E-state index in [1.165, 1.54) is 0 Å². The molecule has 4 heteroatoms. The number of imidazole rings is 1. The number of benzene rings is 3. The Morgan fingerprint density at radius 2 is 1.32 bits per heavy atom. The molecular weight excluding hydrogens is 384 g/mol. The maximum Gasteiger partial charge on any atom is 0.303 e. The van der Waals surface area contributed by atoms with E-state index in [1.807, 2.05) is 42.9 Å². The van der Waals surface area contributed by atoms with Gasteiger partial charge in [0.1, 0.15) is 5.54 Å². The van der Waals surface area contributed by atoms with Gasteiger partial charge in [-0.3, -0.25) is 4.79 Å². The molecule has 0 atom stereocenters. The molecule has 0 fully saturated rings. The molecule has 0 spiro atoms. The van der Waals surface area contributed by atoms with Gasteiger partial charge in [0.15, 0.2) is 0 Å². The quantitative estimate of drug-likeness (QED) is 0.386. The summed E-state index contributed by atoms with van der Waals surface area (Å²) in [7, 11) is 0. The number of hydrogen-bond acceptors (Lipinski definition) is 2. The molecule has 1 heterocycles. The Morgan fingerprint density at radius 1 is 0.839 bits per heavy atom. The Morgan fingerprint density at radius 3 is 1.77 bits per heavy atom. The highest BCUT2D eigenvalue weighted by Crippen LogP contribution is 2.40. The van der Waals surface area contributed by atoms with Crippen molar-refractivity contribution < 1.29 is 9.90 Å². The van der Waals surface area contributed by atoms with Crippen LogP contribution < -0.4 is 0 Å². The Labute approximate surface area is 182 Å². The van der Waals surface area contributed by atoms with Gasteiger partial charge in [0, 0.05) is 12.6 Å². The topological polar surface area (TPSA) is 55.1 Å². The second kappa shape index (κ2) is 9.26. The minimum absolute atomic E-state index is 0.110. The van der Waals surface area contributed by atoms with Crippen molar-refractivity contribution in [2.75, 3.05) is 0 Å². The lowest BCUT2D eigenvalue weighted by atomic mass is 9.77. The molecule has 1 N–H and O–H groups in total. The first-order chi connectivity index (χ1) is 15.2. The minimum Gasteiger partial charge on any atom is -0.481 e. The molecule has 1 aromatic heterocycles. The van der Waals surface area contributed by atoms with Crippen molar-refractivity contribution in [3.63, 3.8) is 0 Å². The van der Waals surface area contributed by atoms with Gasteiger partial charge in [-0.15, -0.1) is 0 Å². The van der Waals surface area contributed by atoms with Crippen molar-refractivity contribution in [2.24, 2.45) is 0 Å². The Hall–Kier alpha value is -3.92. The van der Waals surface area contributed by atoms with Crippen LogP contribution in [-0.2, 0) is 10.3 Å². The van der Waals surface area contributed by atoms with Gasteiger partial charge in [-0.25, -0.2) is 4.98 Å². The van der Waals surface area contributed by atoms with E-state index in [-0.39, 0.29) is 6.42 Å². The van der Waals surface area contributed by atoms with Crippen molar-refractivity contribution in [3.8, 4) is 0 Å². The van der Waals surface area contributed by atoms with E-state index in [1.54, 1.807) is 0 Å². The van der Waals surface area contributed by atoms with Crippen LogP contribution in [0.25, 0.3) is 6.08 Å². The Balaban J connectivity index is 1.89. The zero-order valence-corrected chi connectivity index (χ0v) is 17.1. The average Bonchev–Trinajstić information content (AvgIpc) is 3.28. The fourth-order valence-electron chi connectivity index (χ4n) is 4.00. The van der Waals surface area contributed by atoms with Gasteiger partial charge in [0.05, 0.1) is 12.0 Å². The van der Waals surface area contributed by atoms with E-state index in [0.29, 0.717) is 6.42 Å². The monoisotopic (exact) mass is 408 g/mol. The fraction of sp³-hybridized carbons (Fsp3) is 0.111. The lowest BCUT2D eigenvalue weighted by molar-refractivity contribution is -0.136. The van der Waals surface area contributed by atoms with E-state index in [2.05, 4.69) is 82.3 Å². The molecular formula is C27H24N2O2. The number of nitrogens with zero attached hydrogens (tertiary/aromatic N) is 2. The SMILES string of the molecule is O=C(O)CCC=Cc1cn(C(c2ccccc2)(c2ccccc2)c2ccccc2)cn1. The fourth-order valence-corrected chi connectivity index (χ4v) is 4.00. The molecule has 0 aliphatic heterocycles. The molecule has 0 saturated heterocycles. The molecule has 0 aliphatic rings. The second-order valence-corrected chi connectivity index (χ2v) is 7.35. The number of aliphatic carboxylic acids is 1. The van der Waals surface area contributed by atoms with Gasteiger partial charge in [0.2, 0.25) is 0 Å². The third kappa shape index (κ3) is 4.19. The van der Waals surface area contributed by atoms with Crippen LogP contribution in [0.1, 0.15) is 35.2 Å². The van der Waals surface area contributed by atoms with Crippen molar-refractivity contribution in [1.29, 1.82) is 0 Å². The predicted molar refractivity (Wildman–Crippen MR) is 123 cm³/mol. The van der Waals surface area contributed by atoms with Crippen molar-refractivity contribution in [2.45, 2.75) is 18.4 Å². The van der Waals surface area contributed by atoms with E-state index in [4.69, 9.17) is 5.11 Å². The van der Waals surface area contributed by atoms with Crippen LogP contribution in [0.4, 0.5) is 0 Å². The zero-order chi connectivity index (χ0) is 21.5. The largest absolute Gasteiger partial charge is 0.481 e. The predicted octanol–water partition coefficient (Wildman–Crippen LogP) is 5.60. The van der Waals surface area contributed by atoms with Crippen molar-refractivity contribution in [3.05, 3.63) is 132 Å². The maximum absolute atomic E-state index is 10.8. The lowest BCUT2D eigenvalue weighted by Crippen LogP contribution is -2.36. The molecule has 154 valence electrons. The molecule has 0 bridgehead atoms. The zero-order valence-electron chi connectivity index (χ0n) is 17.1. The molecule has 3 aromatic carbocycles. The van der Waals surface area contributed by atoms with Crippen molar-refractivity contribution >= 4 is 12.0 Å². The van der Waals surface area contributed by atoms with Crippen LogP contribution >= 0.6 is 0 Å².